The fourth-order valence-corrected chi connectivity index (χ4v) is 0.923. The first-order chi connectivity index (χ1) is 4.72. The molecule has 10 heavy (non-hydrogen) atoms. The average molecular weight is 174 g/mol. The van der Waals surface area contributed by atoms with Crippen LogP contribution in [0.25, 0.3) is 0 Å². The van der Waals surface area contributed by atoms with Gasteiger partial charge in [-0.15, -0.1) is 25.3 Å². The molecule has 0 amide bonds. The predicted molar refractivity (Wildman–Crippen MR) is 43.9 cm³/mol. The van der Waals surface area contributed by atoms with Gasteiger partial charge in [0.2, 0.25) is 5.95 Å². The molecule has 0 aliphatic carbocycles. The van der Waals surface area contributed by atoms with Crippen molar-refractivity contribution in [1.82, 2.24) is 15.0 Å². The number of nitrogens with one attached hydrogen (secondary N) is 1. The summed E-state index contributed by atoms with van der Waals surface area (Å²) < 4.78 is 0. The number of thiol groups is 2. The minimum Gasteiger partial charge on any atom is -0.357 e. The van der Waals surface area contributed by atoms with Gasteiger partial charge in [-0.25, -0.2) is 0 Å². The van der Waals surface area contributed by atoms with E-state index in [2.05, 4.69) is 45.5 Å². The number of aromatic nitrogens is 3. The van der Waals surface area contributed by atoms with E-state index in [0.717, 1.165) is 0 Å². The largest absolute Gasteiger partial charge is 0.357 e. The van der Waals surface area contributed by atoms with Crippen LogP contribution >= 0.6 is 25.3 Å². The molecule has 0 spiro atoms. The van der Waals surface area contributed by atoms with Gasteiger partial charge in [-0.2, -0.15) is 15.0 Å². The number of hydrogen-bond acceptors (Lipinski definition) is 6. The van der Waals surface area contributed by atoms with Crippen LogP contribution in [-0.4, -0.2) is 22.0 Å². The molecule has 0 bridgehead atoms. The molecule has 0 saturated carbocycles. The average Bonchev–Trinajstić information content (AvgIpc) is 1.85. The van der Waals surface area contributed by atoms with Crippen LogP contribution in [0.2, 0.25) is 0 Å². The van der Waals surface area contributed by atoms with Gasteiger partial charge < -0.3 is 5.32 Å². The summed E-state index contributed by atoms with van der Waals surface area (Å²) in [5.74, 6) is 0.477. The lowest BCUT2D eigenvalue weighted by Crippen LogP contribution is -1.98. The molecule has 1 rings (SSSR count). The zero-order chi connectivity index (χ0) is 7.56. The van der Waals surface area contributed by atoms with E-state index in [4.69, 9.17) is 0 Å². The van der Waals surface area contributed by atoms with Crippen LogP contribution in [0.3, 0.4) is 0 Å². The zero-order valence-corrected chi connectivity index (χ0v) is 7.02. The third-order valence-corrected chi connectivity index (χ3v) is 1.24. The van der Waals surface area contributed by atoms with Crippen molar-refractivity contribution in [3.8, 4) is 0 Å². The smallest absolute Gasteiger partial charge is 0.227 e. The summed E-state index contributed by atoms with van der Waals surface area (Å²) in [5, 5.41) is 3.48. The van der Waals surface area contributed by atoms with Gasteiger partial charge in [0, 0.05) is 7.05 Å². The van der Waals surface area contributed by atoms with Crippen LogP contribution in [0.4, 0.5) is 5.95 Å². The standard InChI is InChI=1S/C4H6N4S2/c1-5-2-6-3(9)8-4(10)7-2/h1H3,(H3,5,6,7,8,9,10). The normalized spacial score (nSPS) is 9.50. The van der Waals surface area contributed by atoms with E-state index in [0.29, 0.717) is 16.3 Å². The Hall–Kier alpha value is -0.490. The van der Waals surface area contributed by atoms with E-state index >= 15 is 0 Å². The van der Waals surface area contributed by atoms with Gasteiger partial charge in [-0.05, 0) is 0 Å². The summed E-state index contributed by atoms with van der Waals surface area (Å²) >= 11 is 7.85. The summed E-state index contributed by atoms with van der Waals surface area (Å²) in [7, 11) is 1.72. The Morgan fingerprint density at radius 1 is 1.10 bits per heavy atom. The lowest BCUT2D eigenvalue weighted by Gasteiger charge is -1.97. The third kappa shape index (κ3) is 1.74. The van der Waals surface area contributed by atoms with E-state index in [1.807, 2.05) is 0 Å². The van der Waals surface area contributed by atoms with Crippen molar-refractivity contribution in [2.75, 3.05) is 12.4 Å². The molecule has 1 N–H and O–H groups in total. The van der Waals surface area contributed by atoms with Gasteiger partial charge in [0.1, 0.15) is 0 Å². The van der Waals surface area contributed by atoms with Crippen molar-refractivity contribution < 1.29 is 0 Å². The van der Waals surface area contributed by atoms with E-state index in [-0.39, 0.29) is 0 Å². The number of hydrogen-bond donors (Lipinski definition) is 3. The second-order valence-corrected chi connectivity index (χ2v) is 2.31. The summed E-state index contributed by atoms with van der Waals surface area (Å²) in [6.45, 7) is 0. The van der Waals surface area contributed by atoms with E-state index in [1.54, 1.807) is 7.05 Å². The predicted octanol–water partition coefficient (Wildman–Crippen LogP) is 0.491. The highest BCUT2D eigenvalue weighted by Gasteiger charge is 1.96. The van der Waals surface area contributed by atoms with Gasteiger partial charge >= 0.3 is 0 Å². The number of anilines is 1. The minimum atomic E-state index is 0.365. The third-order valence-electron chi connectivity index (χ3n) is 0.835. The second-order valence-electron chi connectivity index (χ2n) is 1.51. The number of nitrogens with zero attached hydrogens (tertiary/aromatic N) is 3. The van der Waals surface area contributed by atoms with Crippen molar-refractivity contribution in [2.45, 2.75) is 10.3 Å². The van der Waals surface area contributed by atoms with Gasteiger partial charge in [-0.3, -0.25) is 0 Å². The van der Waals surface area contributed by atoms with Crippen molar-refractivity contribution in [1.29, 1.82) is 0 Å². The highest BCUT2D eigenvalue weighted by atomic mass is 32.1. The van der Waals surface area contributed by atoms with Crippen molar-refractivity contribution in [3.63, 3.8) is 0 Å². The maximum atomic E-state index is 3.93. The molecule has 0 aliphatic heterocycles. The second kappa shape index (κ2) is 3.07. The fourth-order valence-electron chi connectivity index (χ4n) is 0.466. The van der Waals surface area contributed by atoms with Gasteiger partial charge in [-0.1, -0.05) is 0 Å². The van der Waals surface area contributed by atoms with Gasteiger partial charge in [0.25, 0.3) is 0 Å². The Labute approximate surface area is 69.3 Å². The lowest BCUT2D eigenvalue weighted by atomic mass is 10.9. The molecule has 1 aromatic rings. The first-order valence-corrected chi connectivity index (χ1v) is 3.43. The van der Waals surface area contributed by atoms with Crippen LogP contribution < -0.4 is 5.32 Å². The summed E-state index contributed by atoms with van der Waals surface area (Å²) in [4.78, 5) is 11.4. The maximum absolute atomic E-state index is 3.93. The molecule has 0 aromatic carbocycles. The highest BCUT2D eigenvalue weighted by molar-refractivity contribution is 7.80. The lowest BCUT2D eigenvalue weighted by molar-refractivity contribution is 0.815. The molecular formula is C4H6N4S2. The van der Waals surface area contributed by atoms with Crippen LogP contribution in [-0.2, 0) is 0 Å². The molecule has 54 valence electrons. The summed E-state index contributed by atoms with van der Waals surface area (Å²) in [6, 6.07) is 0. The first-order valence-electron chi connectivity index (χ1n) is 2.54. The summed E-state index contributed by atoms with van der Waals surface area (Å²) in [5.41, 5.74) is 0. The van der Waals surface area contributed by atoms with E-state index < -0.39 is 0 Å². The molecule has 0 unspecified atom stereocenters. The molecule has 1 aromatic heterocycles. The van der Waals surface area contributed by atoms with Crippen LogP contribution in [0, 0.1) is 0 Å². The highest BCUT2D eigenvalue weighted by Crippen LogP contribution is 2.05. The Kier molecular flexibility index (Phi) is 2.34. The number of rotatable bonds is 1. The van der Waals surface area contributed by atoms with Crippen LogP contribution in [0.15, 0.2) is 10.3 Å². The van der Waals surface area contributed by atoms with E-state index in [9.17, 15) is 0 Å². The van der Waals surface area contributed by atoms with Crippen molar-refractivity contribution >= 4 is 31.2 Å². The Balaban J connectivity index is 3.06. The molecule has 1 heterocycles. The Bertz CT molecular complexity index is 218. The molecule has 0 atom stereocenters. The molecule has 0 saturated heterocycles. The Morgan fingerprint density at radius 2 is 1.60 bits per heavy atom. The van der Waals surface area contributed by atoms with Crippen LogP contribution in [0.5, 0.6) is 0 Å². The SMILES string of the molecule is CNc1nc(S)nc(S)n1. The van der Waals surface area contributed by atoms with Gasteiger partial charge in [0.15, 0.2) is 10.3 Å². The Morgan fingerprint density at radius 3 is 2.00 bits per heavy atom. The van der Waals surface area contributed by atoms with Crippen molar-refractivity contribution in [3.05, 3.63) is 0 Å². The van der Waals surface area contributed by atoms with Crippen molar-refractivity contribution in [2.24, 2.45) is 0 Å². The fraction of sp³-hybridized carbons (Fsp3) is 0.250. The van der Waals surface area contributed by atoms with E-state index in [1.165, 1.54) is 0 Å². The molecule has 4 nitrogen and oxygen atoms in total. The minimum absolute atomic E-state index is 0.365. The molecule has 0 radical (unpaired) electrons. The maximum Gasteiger partial charge on any atom is 0.227 e. The molecular weight excluding hydrogens is 168 g/mol. The quantitative estimate of drug-likeness (QED) is 0.542. The molecule has 0 fully saturated rings. The molecule has 6 heteroatoms. The topological polar surface area (TPSA) is 50.7 Å². The zero-order valence-electron chi connectivity index (χ0n) is 5.24. The molecule has 0 aliphatic rings. The monoisotopic (exact) mass is 174 g/mol. The summed E-state index contributed by atoms with van der Waals surface area (Å²) in [6.07, 6.45) is 0. The van der Waals surface area contributed by atoms with Crippen LogP contribution in [0.1, 0.15) is 0 Å². The first kappa shape index (κ1) is 7.62. The van der Waals surface area contributed by atoms with Gasteiger partial charge in [0.05, 0.1) is 0 Å².